The van der Waals surface area contributed by atoms with Crippen LogP contribution in [0.25, 0.3) is 0 Å². The third-order valence-corrected chi connectivity index (χ3v) is 4.07. The summed E-state index contributed by atoms with van der Waals surface area (Å²) in [5.74, 6) is 0.984. The molecular weight excluding hydrogens is 240 g/mol. The van der Waals surface area contributed by atoms with Crippen LogP contribution in [0.5, 0.6) is 0 Å². The molecule has 2 unspecified atom stereocenters. The number of aliphatic carboxylic acids is 1. The molecule has 2 atom stereocenters. The highest BCUT2D eigenvalue weighted by Crippen LogP contribution is 2.21. The van der Waals surface area contributed by atoms with Crippen LogP contribution >= 0.6 is 11.8 Å². The van der Waals surface area contributed by atoms with Gasteiger partial charge in [-0.15, -0.1) is 0 Å². The van der Waals surface area contributed by atoms with E-state index in [2.05, 4.69) is 0 Å². The Bertz CT molecular complexity index is 296. The van der Waals surface area contributed by atoms with Gasteiger partial charge < -0.3 is 10.0 Å². The molecule has 0 radical (unpaired) electrons. The first-order valence-electron chi connectivity index (χ1n) is 5.70. The van der Waals surface area contributed by atoms with Crippen molar-refractivity contribution in [3.8, 4) is 0 Å². The van der Waals surface area contributed by atoms with Crippen molar-refractivity contribution in [2.24, 2.45) is 0 Å². The molecule has 98 valence electrons. The van der Waals surface area contributed by atoms with Gasteiger partial charge in [-0.1, -0.05) is 0 Å². The van der Waals surface area contributed by atoms with E-state index in [0.717, 1.165) is 18.1 Å². The highest BCUT2D eigenvalue weighted by molar-refractivity contribution is 7.99. The molecule has 1 rings (SSSR count). The summed E-state index contributed by atoms with van der Waals surface area (Å²) in [6, 6.07) is -0.277. The summed E-state index contributed by atoms with van der Waals surface area (Å²) in [6.07, 6.45) is 0.109. The summed E-state index contributed by atoms with van der Waals surface area (Å²) in [7, 11) is 3.45. The van der Waals surface area contributed by atoms with Crippen molar-refractivity contribution in [3.05, 3.63) is 0 Å². The lowest BCUT2D eigenvalue weighted by molar-refractivity contribution is -0.141. The molecule has 0 aromatic carbocycles. The van der Waals surface area contributed by atoms with Crippen LogP contribution < -0.4 is 0 Å². The van der Waals surface area contributed by atoms with E-state index in [4.69, 9.17) is 5.11 Å². The lowest BCUT2D eigenvalue weighted by Gasteiger charge is -2.38. The zero-order valence-corrected chi connectivity index (χ0v) is 11.4. The van der Waals surface area contributed by atoms with Crippen LogP contribution in [-0.2, 0) is 9.59 Å². The topological polar surface area (TPSA) is 60.9 Å². The number of nitrogens with zero attached hydrogens (tertiary/aromatic N) is 2. The van der Waals surface area contributed by atoms with Gasteiger partial charge in [0.15, 0.2) is 0 Å². The zero-order chi connectivity index (χ0) is 13.0. The van der Waals surface area contributed by atoms with Crippen LogP contribution in [0.15, 0.2) is 0 Å². The summed E-state index contributed by atoms with van der Waals surface area (Å²) < 4.78 is 0. The van der Waals surface area contributed by atoms with E-state index in [1.807, 2.05) is 11.8 Å². The fraction of sp³-hybridized carbons (Fsp3) is 0.818. The minimum absolute atomic E-state index is 0.0345. The number of carboxylic acid groups (broad SMARTS) is 1. The molecule has 1 aliphatic heterocycles. The van der Waals surface area contributed by atoms with Crippen molar-refractivity contribution in [2.45, 2.75) is 25.4 Å². The number of carboxylic acids is 1. The van der Waals surface area contributed by atoms with Gasteiger partial charge in [0.05, 0.1) is 12.5 Å². The van der Waals surface area contributed by atoms with Crippen molar-refractivity contribution >= 4 is 23.6 Å². The second-order valence-corrected chi connectivity index (χ2v) is 5.62. The molecule has 1 fully saturated rings. The Kier molecular flexibility index (Phi) is 5.27. The molecule has 0 aliphatic carbocycles. The lowest BCUT2D eigenvalue weighted by Crippen LogP contribution is -2.53. The summed E-state index contributed by atoms with van der Waals surface area (Å²) in [4.78, 5) is 26.3. The largest absolute Gasteiger partial charge is 0.481 e. The Hall–Kier alpha value is -0.750. The van der Waals surface area contributed by atoms with E-state index >= 15 is 0 Å². The second kappa shape index (κ2) is 6.26. The summed E-state index contributed by atoms with van der Waals surface area (Å²) in [5, 5.41) is 8.88. The van der Waals surface area contributed by atoms with Gasteiger partial charge in [0.25, 0.3) is 0 Å². The molecule has 0 aromatic rings. The smallest absolute Gasteiger partial charge is 0.304 e. The molecule has 6 heteroatoms. The summed E-state index contributed by atoms with van der Waals surface area (Å²) >= 11 is 1.76. The number of hydrogen-bond acceptors (Lipinski definition) is 4. The number of likely N-dealkylation sites (N-methyl/N-ethyl adjacent to an activating group) is 1. The third-order valence-electron chi connectivity index (χ3n) is 2.98. The number of hydrogen-bond donors (Lipinski definition) is 1. The first-order chi connectivity index (χ1) is 7.93. The Morgan fingerprint density at radius 2 is 2.18 bits per heavy atom. The number of carbonyl (C=O) groups is 2. The van der Waals surface area contributed by atoms with Crippen molar-refractivity contribution in [3.63, 3.8) is 0 Å². The van der Waals surface area contributed by atoms with Gasteiger partial charge in [0.1, 0.15) is 0 Å². The molecular formula is C11H20N2O3S. The van der Waals surface area contributed by atoms with E-state index < -0.39 is 5.97 Å². The van der Waals surface area contributed by atoms with E-state index in [0.29, 0.717) is 0 Å². The maximum Gasteiger partial charge on any atom is 0.304 e. The number of amides is 1. The molecule has 1 amide bonds. The standard InChI is InChI=1S/C11H20N2O3S/c1-8(11(16)12(2)3)13-4-5-17-7-9(13)6-10(14)15/h8-9H,4-7H2,1-3H3,(H,14,15). The number of thioether (sulfide) groups is 1. The fourth-order valence-corrected chi connectivity index (χ4v) is 3.16. The van der Waals surface area contributed by atoms with E-state index in [1.54, 1.807) is 30.8 Å². The first kappa shape index (κ1) is 14.3. The van der Waals surface area contributed by atoms with Gasteiger partial charge in [0, 0.05) is 38.2 Å². The van der Waals surface area contributed by atoms with Crippen LogP contribution in [0.1, 0.15) is 13.3 Å². The van der Waals surface area contributed by atoms with Crippen molar-refractivity contribution in [2.75, 3.05) is 32.1 Å². The highest BCUT2D eigenvalue weighted by atomic mass is 32.2. The predicted octanol–water partition coefficient (Wildman–Crippen LogP) is 0.355. The lowest BCUT2D eigenvalue weighted by atomic mass is 10.1. The Balaban J connectivity index is 2.70. The van der Waals surface area contributed by atoms with Gasteiger partial charge in [0.2, 0.25) is 5.91 Å². The monoisotopic (exact) mass is 260 g/mol. The molecule has 0 saturated carbocycles. The Morgan fingerprint density at radius 3 is 2.71 bits per heavy atom. The predicted molar refractivity (Wildman–Crippen MR) is 68.2 cm³/mol. The molecule has 1 N–H and O–H groups in total. The van der Waals surface area contributed by atoms with Gasteiger partial charge in [-0.2, -0.15) is 11.8 Å². The van der Waals surface area contributed by atoms with Crippen molar-refractivity contribution < 1.29 is 14.7 Å². The average molecular weight is 260 g/mol. The van der Waals surface area contributed by atoms with Gasteiger partial charge in [-0.3, -0.25) is 14.5 Å². The Morgan fingerprint density at radius 1 is 1.53 bits per heavy atom. The van der Waals surface area contributed by atoms with E-state index in [-0.39, 0.29) is 24.4 Å². The van der Waals surface area contributed by atoms with Gasteiger partial charge in [-0.05, 0) is 6.92 Å². The second-order valence-electron chi connectivity index (χ2n) is 4.47. The minimum atomic E-state index is -0.799. The van der Waals surface area contributed by atoms with Crippen molar-refractivity contribution in [1.82, 2.24) is 9.80 Å². The molecule has 1 aliphatic rings. The van der Waals surface area contributed by atoms with Crippen LogP contribution in [0.3, 0.4) is 0 Å². The molecule has 5 nitrogen and oxygen atoms in total. The molecule has 0 aromatic heterocycles. The van der Waals surface area contributed by atoms with Crippen LogP contribution in [0.4, 0.5) is 0 Å². The van der Waals surface area contributed by atoms with Crippen LogP contribution in [-0.4, -0.2) is 71.0 Å². The average Bonchev–Trinajstić information content (AvgIpc) is 2.27. The van der Waals surface area contributed by atoms with Crippen molar-refractivity contribution in [1.29, 1.82) is 0 Å². The molecule has 1 heterocycles. The number of rotatable bonds is 4. The van der Waals surface area contributed by atoms with Crippen LogP contribution in [0.2, 0.25) is 0 Å². The third kappa shape index (κ3) is 3.89. The summed E-state index contributed by atoms with van der Waals surface area (Å²) in [5.41, 5.74) is 0. The molecule has 17 heavy (non-hydrogen) atoms. The van der Waals surface area contributed by atoms with Gasteiger partial charge >= 0.3 is 5.97 Å². The highest BCUT2D eigenvalue weighted by Gasteiger charge is 2.32. The maximum atomic E-state index is 11.9. The van der Waals surface area contributed by atoms with Gasteiger partial charge in [-0.25, -0.2) is 0 Å². The SMILES string of the molecule is CC(C(=O)N(C)C)N1CCSCC1CC(=O)O. The quantitative estimate of drug-likeness (QED) is 0.790. The number of carbonyl (C=O) groups excluding carboxylic acids is 1. The van der Waals surface area contributed by atoms with Crippen LogP contribution in [0, 0.1) is 0 Å². The normalized spacial score (nSPS) is 23.1. The maximum absolute atomic E-state index is 11.9. The summed E-state index contributed by atoms with van der Waals surface area (Å²) in [6.45, 7) is 2.64. The zero-order valence-electron chi connectivity index (χ0n) is 10.5. The van der Waals surface area contributed by atoms with E-state index in [1.165, 1.54) is 0 Å². The Labute approximate surface area is 106 Å². The minimum Gasteiger partial charge on any atom is -0.481 e. The van der Waals surface area contributed by atoms with E-state index in [9.17, 15) is 9.59 Å². The molecule has 0 spiro atoms. The molecule has 1 saturated heterocycles. The fourth-order valence-electron chi connectivity index (χ4n) is 2.07. The first-order valence-corrected chi connectivity index (χ1v) is 6.85. The molecule has 0 bridgehead atoms.